The van der Waals surface area contributed by atoms with Gasteiger partial charge in [0.15, 0.2) is 11.9 Å². The number of hydrogen-bond acceptors (Lipinski definition) is 8. The molecular formula is C27H32O8. The van der Waals surface area contributed by atoms with Gasteiger partial charge in [-0.2, -0.15) is 0 Å². The van der Waals surface area contributed by atoms with Crippen LogP contribution in [0.25, 0.3) is 0 Å². The number of carbonyl (C=O) groups excluding carboxylic acids is 4. The van der Waals surface area contributed by atoms with E-state index < -0.39 is 46.3 Å². The molecule has 7 atom stereocenters. The molecule has 0 aromatic carbocycles. The highest BCUT2D eigenvalue weighted by atomic mass is 16.5. The van der Waals surface area contributed by atoms with Crippen LogP contribution in [0.2, 0.25) is 0 Å². The highest BCUT2D eigenvalue weighted by Gasteiger charge is 2.69. The van der Waals surface area contributed by atoms with Crippen LogP contribution < -0.4 is 0 Å². The van der Waals surface area contributed by atoms with Gasteiger partial charge in [-0.15, -0.1) is 0 Å². The van der Waals surface area contributed by atoms with Gasteiger partial charge in [-0.1, -0.05) is 33.3 Å². The standard InChI is InChI=1S/C27H32O8/c1-25(2)20(19(29)24(32)33-5)27(4)16-6-8-26(3)17(14(16)10-15(21(25)30)22(27)31)11-18(28)35-23(26)13-7-9-34-12-13/h7,9,12,15-16,19-20,23,29H,6,8,10-11H2,1-5H3/t15-,16-,19?,20-,23-,26+,27+/m0/s1. The van der Waals surface area contributed by atoms with Crippen LogP contribution in [0.3, 0.4) is 0 Å². The van der Waals surface area contributed by atoms with Gasteiger partial charge < -0.3 is 19.0 Å². The Morgan fingerprint density at radius 2 is 1.89 bits per heavy atom. The molecule has 1 saturated heterocycles. The highest BCUT2D eigenvalue weighted by molar-refractivity contribution is 6.11. The van der Waals surface area contributed by atoms with Gasteiger partial charge in [-0.3, -0.25) is 14.4 Å². The Morgan fingerprint density at radius 3 is 2.51 bits per heavy atom. The van der Waals surface area contributed by atoms with Gasteiger partial charge in [0, 0.05) is 27.7 Å². The quantitative estimate of drug-likeness (QED) is 0.394. The number of ether oxygens (including phenoxy) is 2. The predicted octanol–water partition coefficient (Wildman–Crippen LogP) is 3.33. The van der Waals surface area contributed by atoms with E-state index in [1.807, 2.05) is 0 Å². The van der Waals surface area contributed by atoms with Crippen LogP contribution in [0.4, 0.5) is 0 Å². The van der Waals surface area contributed by atoms with Crippen molar-refractivity contribution in [2.75, 3.05) is 7.11 Å². The fourth-order valence-electron chi connectivity index (χ4n) is 7.96. The number of allylic oxidation sites excluding steroid dienone is 1. The van der Waals surface area contributed by atoms with E-state index in [0.717, 1.165) is 16.7 Å². The lowest BCUT2D eigenvalue weighted by molar-refractivity contribution is -0.185. The van der Waals surface area contributed by atoms with Crippen LogP contribution in [0, 0.1) is 34.0 Å². The molecule has 2 saturated carbocycles. The van der Waals surface area contributed by atoms with Crippen molar-refractivity contribution in [3.05, 3.63) is 35.3 Å². The second-order valence-corrected chi connectivity index (χ2v) is 11.6. The van der Waals surface area contributed by atoms with Gasteiger partial charge in [0.05, 0.1) is 32.0 Å². The van der Waals surface area contributed by atoms with E-state index in [1.165, 1.54) is 7.11 Å². The second kappa shape index (κ2) is 7.63. The van der Waals surface area contributed by atoms with Crippen LogP contribution in [0.5, 0.6) is 0 Å². The van der Waals surface area contributed by atoms with Crippen LogP contribution >= 0.6 is 0 Å². The largest absolute Gasteiger partial charge is 0.472 e. The number of rotatable bonds is 3. The third-order valence-corrected chi connectivity index (χ3v) is 9.57. The monoisotopic (exact) mass is 484 g/mol. The SMILES string of the molecule is COC(=O)C(O)[C@H]1C(C)(C)C(=O)[C@@H]2CC3=C4CC(=O)O[C@@H](c5ccoc5)[C@]4(C)CC[C@@H]3[C@@]1(C)C2=O. The number of Topliss-reactive ketones (excluding diaryl/α,β-unsaturated/α-hetero) is 2. The van der Waals surface area contributed by atoms with E-state index >= 15 is 0 Å². The predicted molar refractivity (Wildman–Crippen MR) is 122 cm³/mol. The lowest BCUT2D eigenvalue weighted by atomic mass is 9.40. The summed E-state index contributed by atoms with van der Waals surface area (Å²) in [4.78, 5) is 52.8. The molecule has 188 valence electrons. The van der Waals surface area contributed by atoms with Crippen molar-refractivity contribution < 1.29 is 38.2 Å². The van der Waals surface area contributed by atoms with Gasteiger partial charge in [-0.25, -0.2) is 4.79 Å². The minimum atomic E-state index is -1.62. The first kappa shape index (κ1) is 24.0. The number of hydrogen-bond donors (Lipinski definition) is 1. The van der Waals surface area contributed by atoms with Gasteiger partial charge in [-0.05, 0) is 36.8 Å². The minimum absolute atomic E-state index is 0.0927. The zero-order valence-electron chi connectivity index (χ0n) is 20.8. The number of carbonyl (C=O) groups is 4. The zero-order chi connectivity index (χ0) is 25.5. The smallest absolute Gasteiger partial charge is 0.335 e. The lowest BCUT2D eigenvalue weighted by Gasteiger charge is -2.61. The minimum Gasteiger partial charge on any atom is -0.472 e. The Labute approximate surface area is 204 Å². The van der Waals surface area contributed by atoms with Crippen molar-refractivity contribution in [3.8, 4) is 0 Å². The number of fused-ring (bicyclic) bond motifs is 5. The maximum atomic E-state index is 13.9. The van der Waals surface area contributed by atoms with Crippen LogP contribution in [0.1, 0.15) is 65.0 Å². The normalized spacial score (nSPS) is 38.9. The van der Waals surface area contributed by atoms with Crippen molar-refractivity contribution in [3.63, 3.8) is 0 Å². The summed E-state index contributed by atoms with van der Waals surface area (Å²) in [6.45, 7) is 7.27. The van der Waals surface area contributed by atoms with Crippen LogP contribution in [-0.2, 0) is 28.7 Å². The molecule has 2 heterocycles. The Bertz CT molecular complexity index is 1140. The molecule has 1 unspecified atom stereocenters. The van der Waals surface area contributed by atoms with Crippen molar-refractivity contribution in [1.82, 2.24) is 0 Å². The van der Waals surface area contributed by atoms with E-state index in [2.05, 4.69) is 6.92 Å². The molecule has 2 bridgehead atoms. The maximum absolute atomic E-state index is 13.9. The fraction of sp³-hybridized carbons (Fsp3) is 0.630. The molecule has 1 aromatic heterocycles. The molecule has 4 aliphatic rings. The Kier molecular flexibility index (Phi) is 5.23. The molecular weight excluding hydrogens is 452 g/mol. The molecule has 3 aliphatic carbocycles. The van der Waals surface area contributed by atoms with Gasteiger partial charge >= 0.3 is 11.9 Å². The van der Waals surface area contributed by atoms with E-state index in [1.54, 1.807) is 39.4 Å². The van der Waals surface area contributed by atoms with Gasteiger partial charge in [0.1, 0.15) is 11.9 Å². The average Bonchev–Trinajstić information content (AvgIpc) is 3.34. The first-order valence-corrected chi connectivity index (χ1v) is 12.2. The summed E-state index contributed by atoms with van der Waals surface area (Å²) in [6.07, 6.45) is 2.57. The van der Waals surface area contributed by atoms with Gasteiger partial charge in [0.25, 0.3) is 0 Å². The van der Waals surface area contributed by atoms with E-state index in [-0.39, 0.29) is 36.3 Å². The molecule has 0 radical (unpaired) electrons. The second-order valence-electron chi connectivity index (χ2n) is 11.6. The van der Waals surface area contributed by atoms with Crippen molar-refractivity contribution >= 4 is 23.5 Å². The summed E-state index contributed by atoms with van der Waals surface area (Å²) in [6, 6.07) is 1.79. The molecule has 0 spiro atoms. The molecule has 1 aliphatic heterocycles. The summed E-state index contributed by atoms with van der Waals surface area (Å²) in [5.74, 6) is -3.85. The number of cyclic esters (lactones) is 1. The van der Waals surface area contributed by atoms with Crippen LogP contribution in [-0.4, -0.2) is 41.8 Å². The Hall–Kier alpha value is -2.74. The van der Waals surface area contributed by atoms with E-state index in [9.17, 15) is 24.3 Å². The topological polar surface area (TPSA) is 120 Å². The first-order chi connectivity index (χ1) is 16.4. The van der Waals surface area contributed by atoms with Crippen molar-refractivity contribution in [1.29, 1.82) is 0 Å². The third-order valence-electron chi connectivity index (χ3n) is 9.57. The maximum Gasteiger partial charge on any atom is 0.335 e. The number of furan rings is 1. The molecule has 5 rings (SSSR count). The summed E-state index contributed by atoms with van der Waals surface area (Å²) in [7, 11) is 1.18. The number of esters is 2. The number of aliphatic hydroxyl groups excluding tert-OH is 1. The fourth-order valence-corrected chi connectivity index (χ4v) is 7.96. The number of aliphatic hydroxyl groups is 1. The zero-order valence-corrected chi connectivity index (χ0v) is 20.8. The first-order valence-electron chi connectivity index (χ1n) is 12.2. The number of methoxy groups -OCH3 is 1. The molecule has 1 N–H and O–H groups in total. The van der Waals surface area contributed by atoms with E-state index in [4.69, 9.17) is 13.9 Å². The summed E-state index contributed by atoms with van der Waals surface area (Å²) < 4.78 is 15.9. The third kappa shape index (κ3) is 3.01. The molecule has 0 amide bonds. The summed E-state index contributed by atoms with van der Waals surface area (Å²) in [5, 5.41) is 11.1. The van der Waals surface area contributed by atoms with E-state index in [0.29, 0.717) is 12.8 Å². The summed E-state index contributed by atoms with van der Waals surface area (Å²) >= 11 is 0. The molecule has 8 heteroatoms. The lowest BCUT2D eigenvalue weighted by Crippen LogP contribution is -2.67. The molecule has 1 aromatic rings. The van der Waals surface area contributed by atoms with Gasteiger partial charge in [0.2, 0.25) is 0 Å². The molecule has 3 fully saturated rings. The summed E-state index contributed by atoms with van der Waals surface area (Å²) in [5.41, 5.74) is -0.163. The van der Waals surface area contributed by atoms with Crippen molar-refractivity contribution in [2.45, 2.75) is 65.6 Å². The Balaban J connectivity index is 1.70. The van der Waals surface area contributed by atoms with Crippen LogP contribution in [0.15, 0.2) is 34.2 Å². The number of ketones is 2. The average molecular weight is 485 g/mol. The Morgan fingerprint density at radius 1 is 1.17 bits per heavy atom. The highest BCUT2D eigenvalue weighted by Crippen LogP contribution is 2.66. The molecule has 35 heavy (non-hydrogen) atoms. The van der Waals surface area contributed by atoms with Crippen molar-refractivity contribution in [2.24, 2.45) is 34.0 Å². The molecule has 8 nitrogen and oxygen atoms in total.